The molecule has 0 fully saturated rings. The third kappa shape index (κ3) is 3.44. The van der Waals surface area contributed by atoms with Gasteiger partial charge in [0, 0.05) is 26.3 Å². The van der Waals surface area contributed by atoms with Gasteiger partial charge in [-0.3, -0.25) is 0 Å². The zero-order chi connectivity index (χ0) is 18.8. The van der Waals surface area contributed by atoms with Crippen LogP contribution in [0.1, 0.15) is 23.0 Å². The molecule has 0 saturated heterocycles. The Morgan fingerprint density at radius 2 is 1.67 bits per heavy atom. The topological polar surface area (TPSA) is 47.1 Å². The van der Waals surface area contributed by atoms with Crippen molar-refractivity contribution in [2.24, 2.45) is 5.73 Å². The van der Waals surface area contributed by atoms with Crippen molar-refractivity contribution in [1.29, 1.82) is 0 Å². The van der Waals surface area contributed by atoms with E-state index in [0.717, 1.165) is 34.7 Å². The largest absolute Gasteiger partial charge is 0.378 e. The van der Waals surface area contributed by atoms with Crippen LogP contribution in [-0.4, -0.2) is 23.6 Å². The molecule has 4 aromatic rings. The third-order valence-corrected chi connectivity index (χ3v) is 4.89. The number of aromatic nitrogens is 2. The number of anilines is 1. The molecule has 2 N–H and O–H groups in total. The van der Waals surface area contributed by atoms with Crippen molar-refractivity contribution in [3.8, 4) is 0 Å². The summed E-state index contributed by atoms with van der Waals surface area (Å²) in [5, 5.41) is 0. The summed E-state index contributed by atoms with van der Waals surface area (Å²) in [4.78, 5) is 6.97. The summed E-state index contributed by atoms with van der Waals surface area (Å²) >= 11 is 0. The molecular formula is C23H24N4. The smallest absolute Gasteiger partial charge is 0.131 e. The monoisotopic (exact) mass is 356 g/mol. The minimum atomic E-state index is -0.291. The number of nitrogens with two attached hydrogens (primary N) is 1. The van der Waals surface area contributed by atoms with E-state index >= 15 is 0 Å². The van der Waals surface area contributed by atoms with Gasteiger partial charge in [-0.15, -0.1) is 0 Å². The number of nitrogens with zero attached hydrogens (tertiary/aromatic N) is 3. The predicted molar refractivity (Wildman–Crippen MR) is 112 cm³/mol. The van der Waals surface area contributed by atoms with Crippen molar-refractivity contribution in [1.82, 2.24) is 9.55 Å². The summed E-state index contributed by atoms with van der Waals surface area (Å²) in [7, 11) is 4.07. The van der Waals surface area contributed by atoms with Crippen molar-refractivity contribution < 1.29 is 0 Å². The molecule has 0 aliphatic rings. The van der Waals surface area contributed by atoms with Crippen LogP contribution in [0.15, 0.2) is 78.9 Å². The molecule has 1 heterocycles. The second kappa shape index (κ2) is 7.25. The molecule has 1 atom stereocenters. The van der Waals surface area contributed by atoms with Crippen molar-refractivity contribution in [2.75, 3.05) is 19.0 Å². The second-order valence-electron chi connectivity index (χ2n) is 7.00. The van der Waals surface area contributed by atoms with E-state index in [4.69, 9.17) is 10.7 Å². The van der Waals surface area contributed by atoms with Crippen molar-refractivity contribution >= 4 is 16.7 Å². The highest BCUT2D eigenvalue weighted by Gasteiger charge is 2.19. The van der Waals surface area contributed by atoms with Crippen LogP contribution < -0.4 is 10.6 Å². The highest BCUT2D eigenvalue weighted by molar-refractivity contribution is 5.76. The summed E-state index contributed by atoms with van der Waals surface area (Å²) in [6, 6.07) is 26.7. The molecule has 0 spiro atoms. The minimum Gasteiger partial charge on any atom is -0.378 e. The van der Waals surface area contributed by atoms with Gasteiger partial charge in [0.1, 0.15) is 5.82 Å². The first-order valence-electron chi connectivity index (χ1n) is 9.15. The lowest BCUT2D eigenvalue weighted by molar-refractivity contribution is 0.688. The standard InChI is InChI=1S/C23H24N4/c1-26(2)19-12-8-11-18(15-19)22(24)23-25-20-13-6-7-14-21(20)27(23)16-17-9-4-3-5-10-17/h3-15,22H,16,24H2,1-2H3. The normalized spacial score (nSPS) is 12.3. The van der Waals surface area contributed by atoms with Crippen LogP contribution in [-0.2, 0) is 6.54 Å². The molecule has 4 heteroatoms. The fraction of sp³-hybridized carbons (Fsp3) is 0.174. The molecule has 136 valence electrons. The van der Waals surface area contributed by atoms with Gasteiger partial charge in [0.2, 0.25) is 0 Å². The van der Waals surface area contributed by atoms with Gasteiger partial charge in [-0.25, -0.2) is 4.98 Å². The SMILES string of the molecule is CN(C)c1cccc(C(N)c2nc3ccccc3n2Cc2ccccc2)c1. The molecule has 0 bridgehead atoms. The Bertz CT molecular complexity index is 1050. The van der Waals surface area contributed by atoms with Gasteiger partial charge in [-0.2, -0.15) is 0 Å². The highest BCUT2D eigenvalue weighted by Crippen LogP contribution is 2.27. The van der Waals surface area contributed by atoms with Gasteiger partial charge in [0.05, 0.1) is 17.1 Å². The maximum Gasteiger partial charge on any atom is 0.131 e. The average Bonchev–Trinajstić information content (AvgIpc) is 3.07. The maximum atomic E-state index is 6.70. The molecule has 0 radical (unpaired) electrons. The van der Waals surface area contributed by atoms with Gasteiger partial charge in [-0.05, 0) is 35.4 Å². The van der Waals surface area contributed by atoms with Gasteiger partial charge in [-0.1, -0.05) is 54.6 Å². The molecule has 0 aliphatic heterocycles. The van der Waals surface area contributed by atoms with Crippen LogP contribution in [0.2, 0.25) is 0 Å². The van der Waals surface area contributed by atoms with Gasteiger partial charge in [0.15, 0.2) is 0 Å². The van der Waals surface area contributed by atoms with E-state index in [-0.39, 0.29) is 6.04 Å². The number of hydrogen-bond donors (Lipinski definition) is 1. The Morgan fingerprint density at radius 1 is 0.926 bits per heavy atom. The Morgan fingerprint density at radius 3 is 2.44 bits per heavy atom. The van der Waals surface area contributed by atoms with E-state index in [2.05, 4.69) is 64.1 Å². The highest BCUT2D eigenvalue weighted by atomic mass is 15.1. The number of benzene rings is 3. The Kier molecular flexibility index (Phi) is 4.65. The Balaban J connectivity index is 1.81. The number of para-hydroxylation sites is 2. The summed E-state index contributed by atoms with van der Waals surface area (Å²) < 4.78 is 2.23. The number of imidazole rings is 1. The fourth-order valence-electron chi connectivity index (χ4n) is 3.41. The number of hydrogen-bond acceptors (Lipinski definition) is 3. The lowest BCUT2D eigenvalue weighted by Gasteiger charge is -2.18. The first kappa shape index (κ1) is 17.3. The van der Waals surface area contributed by atoms with Gasteiger partial charge in [0.25, 0.3) is 0 Å². The Hall–Kier alpha value is -3.11. The zero-order valence-electron chi connectivity index (χ0n) is 15.7. The molecule has 0 saturated carbocycles. The van der Waals surface area contributed by atoms with Crippen LogP contribution >= 0.6 is 0 Å². The fourth-order valence-corrected chi connectivity index (χ4v) is 3.41. The van der Waals surface area contributed by atoms with Crippen molar-refractivity contribution in [3.63, 3.8) is 0 Å². The maximum absolute atomic E-state index is 6.70. The minimum absolute atomic E-state index is 0.291. The zero-order valence-corrected chi connectivity index (χ0v) is 15.7. The summed E-state index contributed by atoms with van der Waals surface area (Å²) in [5.41, 5.74) is 12.2. The second-order valence-corrected chi connectivity index (χ2v) is 7.00. The number of rotatable bonds is 5. The first-order chi connectivity index (χ1) is 13.1. The van der Waals surface area contributed by atoms with E-state index < -0.39 is 0 Å². The molecule has 4 nitrogen and oxygen atoms in total. The molecular weight excluding hydrogens is 332 g/mol. The van der Waals surface area contributed by atoms with E-state index in [0.29, 0.717) is 0 Å². The molecule has 27 heavy (non-hydrogen) atoms. The van der Waals surface area contributed by atoms with E-state index in [9.17, 15) is 0 Å². The summed E-state index contributed by atoms with van der Waals surface area (Å²) in [5.74, 6) is 0.885. The number of fused-ring (bicyclic) bond motifs is 1. The molecule has 1 aromatic heterocycles. The van der Waals surface area contributed by atoms with Crippen molar-refractivity contribution in [2.45, 2.75) is 12.6 Å². The van der Waals surface area contributed by atoms with Crippen LogP contribution in [0.5, 0.6) is 0 Å². The van der Waals surface area contributed by atoms with Gasteiger partial charge >= 0.3 is 0 Å². The van der Waals surface area contributed by atoms with Crippen LogP contribution in [0.4, 0.5) is 5.69 Å². The van der Waals surface area contributed by atoms with Crippen LogP contribution in [0.3, 0.4) is 0 Å². The average molecular weight is 356 g/mol. The van der Waals surface area contributed by atoms with E-state index in [1.807, 2.05) is 38.4 Å². The van der Waals surface area contributed by atoms with Crippen molar-refractivity contribution in [3.05, 3.63) is 95.8 Å². The van der Waals surface area contributed by atoms with Crippen LogP contribution in [0.25, 0.3) is 11.0 Å². The lowest BCUT2D eigenvalue weighted by Crippen LogP contribution is -2.19. The van der Waals surface area contributed by atoms with E-state index in [1.54, 1.807) is 0 Å². The molecule has 4 rings (SSSR count). The quantitative estimate of drug-likeness (QED) is 0.583. The molecule has 1 unspecified atom stereocenters. The third-order valence-electron chi connectivity index (χ3n) is 4.89. The lowest BCUT2D eigenvalue weighted by atomic mass is 10.1. The summed E-state index contributed by atoms with van der Waals surface area (Å²) in [6.45, 7) is 0.748. The molecule has 0 aliphatic carbocycles. The molecule has 3 aromatic carbocycles. The first-order valence-corrected chi connectivity index (χ1v) is 9.15. The predicted octanol–water partition coefficient (Wildman–Crippen LogP) is 4.20. The van der Waals surface area contributed by atoms with Crippen LogP contribution in [0, 0.1) is 0 Å². The van der Waals surface area contributed by atoms with Gasteiger partial charge < -0.3 is 15.2 Å². The Labute approximate surface area is 159 Å². The molecule has 0 amide bonds. The summed E-state index contributed by atoms with van der Waals surface area (Å²) in [6.07, 6.45) is 0. The van der Waals surface area contributed by atoms with E-state index in [1.165, 1.54) is 5.56 Å².